The Balaban J connectivity index is 1.76. The van der Waals surface area contributed by atoms with E-state index in [9.17, 15) is 35.2 Å². The molecule has 0 heterocycles. The van der Waals surface area contributed by atoms with E-state index in [2.05, 4.69) is 15.5 Å². The first-order valence-electron chi connectivity index (χ1n) is 10.4. The third-order valence-corrected chi connectivity index (χ3v) is 5.20. The number of para-hydroxylation sites is 1. The zero-order valence-electron chi connectivity index (χ0n) is 18.4. The molecule has 4 rings (SSSR count). The summed E-state index contributed by atoms with van der Waals surface area (Å²) in [5.74, 6) is -1.70. The average molecular weight is 487 g/mol. The van der Waals surface area contributed by atoms with Crippen molar-refractivity contribution in [3.05, 3.63) is 98.6 Å². The van der Waals surface area contributed by atoms with Crippen molar-refractivity contribution in [1.82, 2.24) is 0 Å². The Labute approximate surface area is 202 Å². The Morgan fingerprint density at radius 2 is 1.56 bits per heavy atom. The highest BCUT2D eigenvalue weighted by molar-refractivity contribution is 5.99. The largest absolute Gasteiger partial charge is 0.505 e. The predicted molar refractivity (Wildman–Crippen MR) is 130 cm³/mol. The molecular weight excluding hydrogens is 470 g/mol. The first-order valence-corrected chi connectivity index (χ1v) is 10.4. The maximum Gasteiger partial charge on any atom is 0.319 e. The van der Waals surface area contributed by atoms with Crippen LogP contribution in [-0.4, -0.2) is 26.0 Å². The van der Waals surface area contributed by atoms with Crippen molar-refractivity contribution < 1.29 is 24.9 Å². The van der Waals surface area contributed by atoms with Crippen LogP contribution in [0.4, 0.5) is 28.4 Å². The number of hydrogen-bond donors (Lipinski definition) is 3. The lowest BCUT2D eigenvalue weighted by atomic mass is 10.0. The molecule has 0 aliphatic carbocycles. The van der Waals surface area contributed by atoms with Crippen LogP contribution in [0, 0.1) is 20.2 Å². The van der Waals surface area contributed by atoms with Gasteiger partial charge in [-0.15, -0.1) is 10.2 Å². The third-order valence-electron chi connectivity index (χ3n) is 5.20. The van der Waals surface area contributed by atoms with Gasteiger partial charge in [0.2, 0.25) is 11.7 Å². The molecule has 1 amide bonds. The zero-order chi connectivity index (χ0) is 25.8. The molecule has 12 nitrogen and oxygen atoms in total. The summed E-state index contributed by atoms with van der Waals surface area (Å²) in [6, 6.07) is 18.6. The fourth-order valence-electron chi connectivity index (χ4n) is 3.52. The number of rotatable bonds is 7. The quantitative estimate of drug-likeness (QED) is 0.171. The molecule has 0 fully saturated rings. The molecule has 0 saturated heterocycles. The number of nitro benzene ring substituents is 2. The number of phenolic OH excluding ortho intramolecular Hbond substituents is 2. The number of carbonyl (C=O) groups is 1. The van der Waals surface area contributed by atoms with Crippen molar-refractivity contribution in [3.63, 3.8) is 0 Å². The predicted octanol–water partition coefficient (Wildman–Crippen LogP) is 5.66. The van der Waals surface area contributed by atoms with E-state index in [0.29, 0.717) is 22.5 Å². The molecule has 0 bridgehead atoms. The van der Waals surface area contributed by atoms with Crippen molar-refractivity contribution in [3.8, 4) is 11.5 Å². The van der Waals surface area contributed by atoms with E-state index in [1.807, 2.05) is 0 Å². The Morgan fingerprint density at radius 1 is 0.861 bits per heavy atom. The van der Waals surface area contributed by atoms with Gasteiger partial charge in [-0.3, -0.25) is 25.0 Å². The second kappa shape index (κ2) is 9.85. The lowest BCUT2D eigenvalue weighted by Gasteiger charge is -2.11. The zero-order valence-corrected chi connectivity index (χ0v) is 18.4. The van der Waals surface area contributed by atoms with E-state index in [1.165, 1.54) is 0 Å². The van der Waals surface area contributed by atoms with E-state index in [1.54, 1.807) is 60.7 Å². The van der Waals surface area contributed by atoms with Gasteiger partial charge in [0.25, 0.3) is 5.69 Å². The smallest absolute Gasteiger partial charge is 0.319 e. The number of carbonyl (C=O) groups excluding carboxylic acids is 1. The lowest BCUT2D eigenvalue weighted by molar-refractivity contribution is -0.394. The molecule has 0 aromatic heterocycles. The Hall–Kier alpha value is -5.39. The van der Waals surface area contributed by atoms with Crippen LogP contribution in [0.5, 0.6) is 11.5 Å². The van der Waals surface area contributed by atoms with Crippen molar-refractivity contribution in [2.75, 3.05) is 5.32 Å². The van der Waals surface area contributed by atoms with Gasteiger partial charge in [-0.05, 0) is 23.6 Å². The van der Waals surface area contributed by atoms with E-state index in [0.717, 1.165) is 6.07 Å². The Bertz CT molecular complexity index is 1540. The van der Waals surface area contributed by atoms with E-state index < -0.39 is 38.6 Å². The summed E-state index contributed by atoms with van der Waals surface area (Å²) in [5, 5.41) is 55.0. The number of azo groups is 1. The van der Waals surface area contributed by atoms with Crippen LogP contribution in [0.25, 0.3) is 10.8 Å². The number of phenols is 2. The molecule has 4 aromatic carbocycles. The molecule has 0 radical (unpaired) electrons. The highest BCUT2D eigenvalue weighted by atomic mass is 16.6. The van der Waals surface area contributed by atoms with Crippen LogP contribution in [0.3, 0.4) is 0 Å². The molecule has 0 saturated carbocycles. The molecule has 0 aliphatic rings. The minimum Gasteiger partial charge on any atom is -0.505 e. The summed E-state index contributed by atoms with van der Waals surface area (Å²) < 4.78 is 0. The standard InChI is InChI=1S/C24H17N5O7/c30-21(25-16-7-2-1-3-8-16)11-15-10-14-6-4-5-9-18(14)22(23(15)31)27-26-19-12-17(28(33)34)13-20(24(19)32)29(35)36/h1-10,12-13,31-32H,11H2,(H,25,30). The highest BCUT2D eigenvalue weighted by Crippen LogP contribution is 2.43. The number of hydrogen-bond acceptors (Lipinski definition) is 9. The molecule has 0 aliphatic heterocycles. The summed E-state index contributed by atoms with van der Waals surface area (Å²) in [6.07, 6.45) is -0.207. The number of nitrogens with zero attached hydrogens (tertiary/aromatic N) is 4. The second-order valence-electron chi connectivity index (χ2n) is 7.59. The van der Waals surface area contributed by atoms with Crippen molar-refractivity contribution in [2.45, 2.75) is 6.42 Å². The number of fused-ring (bicyclic) bond motifs is 1. The average Bonchev–Trinajstić information content (AvgIpc) is 2.85. The lowest BCUT2D eigenvalue weighted by Crippen LogP contribution is -2.14. The molecular formula is C24H17N5O7. The summed E-state index contributed by atoms with van der Waals surface area (Å²) in [6.45, 7) is 0. The van der Waals surface area contributed by atoms with Crippen molar-refractivity contribution in [2.24, 2.45) is 10.2 Å². The van der Waals surface area contributed by atoms with Gasteiger partial charge in [-0.2, -0.15) is 0 Å². The molecule has 4 aromatic rings. The van der Waals surface area contributed by atoms with Gasteiger partial charge < -0.3 is 15.5 Å². The first kappa shape index (κ1) is 23.8. The number of benzene rings is 4. The fourth-order valence-corrected chi connectivity index (χ4v) is 3.52. The van der Waals surface area contributed by atoms with Crippen LogP contribution >= 0.6 is 0 Å². The summed E-state index contributed by atoms with van der Waals surface area (Å²) in [7, 11) is 0. The minimum absolute atomic E-state index is 0.0795. The van der Waals surface area contributed by atoms with E-state index >= 15 is 0 Å². The molecule has 0 spiro atoms. The van der Waals surface area contributed by atoms with Gasteiger partial charge >= 0.3 is 5.69 Å². The van der Waals surface area contributed by atoms with Gasteiger partial charge in [0.15, 0.2) is 0 Å². The monoisotopic (exact) mass is 487 g/mol. The topological polar surface area (TPSA) is 181 Å². The number of anilines is 1. The number of aromatic hydroxyl groups is 2. The Morgan fingerprint density at radius 3 is 2.25 bits per heavy atom. The third kappa shape index (κ3) is 4.92. The maximum atomic E-state index is 12.6. The number of amides is 1. The normalized spacial score (nSPS) is 11.0. The minimum atomic E-state index is -0.986. The fraction of sp³-hybridized carbons (Fsp3) is 0.0417. The van der Waals surface area contributed by atoms with Crippen LogP contribution in [0.2, 0.25) is 0 Å². The summed E-state index contributed by atoms with van der Waals surface area (Å²) in [5.41, 5.74) is -1.40. The maximum absolute atomic E-state index is 12.6. The van der Waals surface area contributed by atoms with Crippen molar-refractivity contribution in [1.29, 1.82) is 0 Å². The molecule has 3 N–H and O–H groups in total. The van der Waals surface area contributed by atoms with Gasteiger partial charge in [0.1, 0.15) is 17.1 Å². The summed E-state index contributed by atoms with van der Waals surface area (Å²) in [4.78, 5) is 33.1. The van der Waals surface area contributed by atoms with Gasteiger partial charge in [0.05, 0.1) is 22.3 Å². The van der Waals surface area contributed by atoms with Crippen LogP contribution < -0.4 is 5.32 Å². The number of nitro groups is 2. The SMILES string of the molecule is O=C(Cc1cc2ccccc2c(N=Nc2cc([N+](=O)[O-])cc([N+](=O)[O-])c2O)c1O)Nc1ccccc1. The van der Waals surface area contributed by atoms with Crippen molar-refractivity contribution >= 4 is 45.1 Å². The molecule has 180 valence electrons. The molecule has 0 atom stereocenters. The molecule has 36 heavy (non-hydrogen) atoms. The van der Waals surface area contributed by atoms with Crippen LogP contribution in [0.1, 0.15) is 5.56 Å². The number of non-ortho nitro benzene ring substituents is 1. The summed E-state index contributed by atoms with van der Waals surface area (Å²) >= 11 is 0. The van der Waals surface area contributed by atoms with E-state index in [4.69, 9.17) is 0 Å². The van der Waals surface area contributed by atoms with Crippen LogP contribution in [-0.2, 0) is 11.2 Å². The van der Waals surface area contributed by atoms with Gasteiger partial charge in [-0.25, -0.2) is 0 Å². The molecule has 0 unspecified atom stereocenters. The van der Waals surface area contributed by atoms with E-state index in [-0.39, 0.29) is 23.4 Å². The van der Waals surface area contributed by atoms with Gasteiger partial charge in [-0.1, -0.05) is 42.5 Å². The first-order chi connectivity index (χ1) is 17.2. The van der Waals surface area contributed by atoms with Crippen LogP contribution in [0.15, 0.2) is 83.0 Å². The number of nitrogens with one attached hydrogen (secondary N) is 1. The second-order valence-corrected chi connectivity index (χ2v) is 7.59. The van der Waals surface area contributed by atoms with Gasteiger partial charge in [0, 0.05) is 22.7 Å². The molecule has 12 heteroatoms. The Kier molecular flexibility index (Phi) is 6.50. The highest BCUT2D eigenvalue weighted by Gasteiger charge is 2.24.